The summed E-state index contributed by atoms with van der Waals surface area (Å²) in [7, 11) is 0. The van der Waals surface area contributed by atoms with E-state index in [2.05, 4.69) is 0 Å². The number of ether oxygens (including phenoxy) is 2. The molecule has 0 saturated heterocycles. The van der Waals surface area contributed by atoms with E-state index in [0.29, 0.717) is 18.8 Å². The standard InChI is InChI=1S/C24H27NO4/c1-17-10-12-19(13-11-17)16-28-21-15-22(26)25(23(27)29-24(2,3)4)20(21)14-18-8-6-5-7-9-18/h5-13,15,20H,14,16H2,1-4H3. The molecule has 2 aromatic rings. The largest absolute Gasteiger partial charge is 0.491 e. The lowest BCUT2D eigenvalue weighted by atomic mass is 10.0. The van der Waals surface area contributed by atoms with Crippen molar-refractivity contribution in [1.82, 2.24) is 4.90 Å². The zero-order chi connectivity index (χ0) is 21.0. The highest BCUT2D eigenvalue weighted by Crippen LogP contribution is 2.27. The van der Waals surface area contributed by atoms with Gasteiger partial charge in [-0.3, -0.25) is 4.79 Å². The van der Waals surface area contributed by atoms with E-state index < -0.39 is 23.6 Å². The van der Waals surface area contributed by atoms with Gasteiger partial charge in [0.05, 0.1) is 0 Å². The average molecular weight is 393 g/mol. The Labute approximate surface area is 171 Å². The maximum absolute atomic E-state index is 12.7. The molecule has 0 fully saturated rings. The molecule has 3 rings (SSSR count). The maximum atomic E-state index is 12.7. The second kappa shape index (κ2) is 8.52. The minimum absolute atomic E-state index is 0.326. The fourth-order valence-electron chi connectivity index (χ4n) is 3.11. The van der Waals surface area contributed by atoms with Crippen molar-refractivity contribution < 1.29 is 19.1 Å². The SMILES string of the molecule is Cc1ccc(COC2=CC(=O)N(C(=O)OC(C)(C)C)C2Cc2ccccc2)cc1. The Kier molecular flexibility index (Phi) is 6.06. The summed E-state index contributed by atoms with van der Waals surface area (Å²) in [4.78, 5) is 26.5. The van der Waals surface area contributed by atoms with Crippen LogP contribution in [0.2, 0.25) is 0 Å². The lowest BCUT2D eigenvalue weighted by Crippen LogP contribution is -2.44. The minimum atomic E-state index is -0.694. The smallest absolute Gasteiger partial charge is 0.418 e. The monoisotopic (exact) mass is 393 g/mol. The molecule has 0 aliphatic carbocycles. The number of nitrogens with zero attached hydrogens (tertiary/aromatic N) is 1. The molecule has 2 amide bonds. The van der Waals surface area contributed by atoms with Crippen LogP contribution in [0.3, 0.4) is 0 Å². The molecule has 1 heterocycles. The Bertz CT molecular complexity index is 895. The molecule has 1 unspecified atom stereocenters. The van der Waals surface area contributed by atoms with Crippen molar-refractivity contribution in [3.8, 4) is 0 Å². The van der Waals surface area contributed by atoms with Crippen molar-refractivity contribution in [2.24, 2.45) is 0 Å². The maximum Gasteiger partial charge on any atom is 0.418 e. The molecule has 5 nitrogen and oxygen atoms in total. The fourth-order valence-corrected chi connectivity index (χ4v) is 3.11. The van der Waals surface area contributed by atoms with E-state index in [1.165, 1.54) is 11.6 Å². The number of rotatable bonds is 5. The molecule has 1 aliphatic heterocycles. The molecule has 152 valence electrons. The summed E-state index contributed by atoms with van der Waals surface area (Å²) in [5, 5.41) is 0. The van der Waals surface area contributed by atoms with Crippen molar-refractivity contribution >= 4 is 12.0 Å². The van der Waals surface area contributed by atoms with Gasteiger partial charge in [0.25, 0.3) is 5.91 Å². The predicted octanol–water partition coefficient (Wildman–Crippen LogP) is 4.78. The number of hydrogen-bond donors (Lipinski definition) is 0. The molecule has 29 heavy (non-hydrogen) atoms. The second-order valence-electron chi connectivity index (χ2n) is 8.22. The first kappa shape index (κ1) is 20.6. The highest BCUT2D eigenvalue weighted by molar-refractivity contribution is 6.02. The van der Waals surface area contributed by atoms with Crippen molar-refractivity contribution in [2.45, 2.75) is 52.4 Å². The van der Waals surface area contributed by atoms with E-state index in [0.717, 1.165) is 16.0 Å². The molecule has 0 N–H and O–H groups in total. The van der Waals surface area contributed by atoms with Gasteiger partial charge in [0.1, 0.15) is 24.0 Å². The summed E-state index contributed by atoms with van der Waals surface area (Å²) < 4.78 is 11.4. The summed E-state index contributed by atoms with van der Waals surface area (Å²) in [6, 6.07) is 17.2. The lowest BCUT2D eigenvalue weighted by molar-refractivity contribution is -0.125. The summed E-state index contributed by atoms with van der Waals surface area (Å²) in [5.74, 6) is 0.0596. The Morgan fingerprint density at radius 3 is 2.28 bits per heavy atom. The Hall–Kier alpha value is -3.08. The first-order valence-electron chi connectivity index (χ1n) is 9.73. The van der Waals surface area contributed by atoms with Crippen LogP contribution in [-0.4, -0.2) is 28.5 Å². The summed E-state index contributed by atoms with van der Waals surface area (Å²) in [6.07, 6.45) is 1.20. The zero-order valence-corrected chi connectivity index (χ0v) is 17.3. The van der Waals surface area contributed by atoms with Crippen LogP contribution in [-0.2, 0) is 27.3 Å². The molecule has 0 radical (unpaired) electrons. The second-order valence-corrected chi connectivity index (χ2v) is 8.22. The number of aryl methyl sites for hydroxylation is 1. The highest BCUT2D eigenvalue weighted by Gasteiger charge is 2.41. The van der Waals surface area contributed by atoms with E-state index in [-0.39, 0.29) is 0 Å². The Balaban J connectivity index is 1.80. The van der Waals surface area contributed by atoms with Gasteiger partial charge in [0.15, 0.2) is 0 Å². The van der Waals surface area contributed by atoms with Crippen LogP contribution >= 0.6 is 0 Å². The Morgan fingerprint density at radius 1 is 1.00 bits per heavy atom. The summed E-state index contributed by atoms with van der Waals surface area (Å²) in [5.41, 5.74) is 2.48. The normalized spacial score (nSPS) is 16.6. The predicted molar refractivity (Wildman–Crippen MR) is 111 cm³/mol. The number of carbonyl (C=O) groups is 2. The van der Waals surface area contributed by atoms with Gasteiger partial charge in [0.2, 0.25) is 0 Å². The molecular weight excluding hydrogens is 366 g/mol. The quantitative estimate of drug-likeness (QED) is 0.733. The summed E-state index contributed by atoms with van der Waals surface area (Å²) >= 11 is 0. The topological polar surface area (TPSA) is 55.8 Å². The molecule has 0 bridgehead atoms. The number of hydrogen-bond acceptors (Lipinski definition) is 4. The molecule has 5 heteroatoms. The van der Waals surface area contributed by atoms with Crippen molar-refractivity contribution in [3.63, 3.8) is 0 Å². The van der Waals surface area contributed by atoms with E-state index in [9.17, 15) is 9.59 Å². The van der Waals surface area contributed by atoms with Gasteiger partial charge in [-0.2, -0.15) is 0 Å². The first-order chi connectivity index (χ1) is 13.7. The first-order valence-corrected chi connectivity index (χ1v) is 9.73. The van der Waals surface area contributed by atoms with Gasteiger partial charge < -0.3 is 9.47 Å². The van der Waals surface area contributed by atoms with E-state index in [1.807, 2.05) is 61.5 Å². The highest BCUT2D eigenvalue weighted by atomic mass is 16.6. The number of carbonyl (C=O) groups excluding carboxylic acids is 2. The number of amides is 2. The third-order valence-corrected chi connectivity index (χ3v) is 4.53. The van der Waals surface area contributed by atoms with Crippen LogP contribution in [0.25, 0.3) is 0 Å². The number of imide groups is 1. The molecule has 1 aliphatic rings. The van der Waals surface area contributed by atoms with Crippen molar-refractivity contribution in [1.29, 1.82) is 0 Å². The fraction of sp³-hybridized carbons (Fsp3) is 0.333. The van der Waals surface area contributed by atoms with Crippen molar-refractivity contribution in [3.05, 3.63) is 83.1 Å². The van der Waals surface area contributed by atoms with Crippen LogP contribution in [0.15, 0.2) is 66.4 Å². The van der Waals surface area contributed by atoms with Crippen LogP contribution in [0, 0.1) is 6.92 Å². The molecular formula is C24H27NO4. The van der Waals surface area contributed by atoms with E-state index in [1.54, 1.807) is 20.8 Å². The van der Waals surface area contributed by atoms with Gasteiger partial charge >= 0.3 is 6.09 Å². The summed E-state index contributed by atoms with van der Waals surface area (Å²) in [6.45, 7) is 7.68. The van der Waals surface area contributed by atoms with Crippen LogP contribution in [0.5, 0.6) is 0 Å². The Morgan fingerprint density at radius 2 is 1.66 bits per heavy atom. The van der Waals surface area contributed by atoms with E-state index in [4.69, 9.17) is 9.47 Å². The molecule has 0 spiro atoms. The van der Waals surface area contributed by atoms with Crippen LogP contribution in [0.1, 0.15) is 37.5 Å². The van der Waals surface area contributed by atoms with Gasteiger partial charge in [-0.05, 0) is 38.8 Å². The zero-order valence-electron chi connectivity index (χ0n) is 17.3. The van der Waals surface area contributed by atoms with Crippen LogP contribution < -0.4 is 0 Å². The lowest BCUT2D eigenvalue weighted by Gasteiger charge is -2.28. The third kappa shape index (κ3) is 5.47. The third-order valence-electron chi connectivity index (χ3n) is 4.53. The molecule has 0 saturated carbocycles. The molecule has 2 aromatic carbocycles. The molecule has 0 aromatic heterocycles. The van der Waals surface area contributed by atoms with Gasteiger partial charge in [0, 0.05) is 12.5 Å². The number of benzene rings is 2. The van der Waals surface area contributed by atoms with Gasteiger partial charge in [-0.1, -0.05) is 60.2 Å². The van der Waals surface area contributed by atoms with Gasteiger partial charge in [-0.25, -0.2) is 9.69 Å². The van der Waals surface area contributed by atoms with Gasteiger partial charge in [-0.15, -0.1) is 0 Å². The average Bonchev–Trinajstić information content (AvgIpc) is 2.96. The minimum Gasteiger partial charge on any atom is -0.491 e. The van der Waals surface area contributed by atoms with Crippen molar-refractivity contribution in [2.75, 3.05) is 0 Å². The molecule has 1 atom stereocenters. The van der Waals surface area contributed by atoms with E-state index >= 15 is 0 Å². The van der Waals surface area contributed by atoms with Crippen LogP contribution in [0.4, 0.5) is 4.79 Å².